The van der Waals surface area contributed by atoms with Gasteiger partial charge in [0.1, 0.15) is 4.88 Å². The molecule has 2 aromatic rings. The molecule has 0 aliphatic carbocycles. The Bertz CT molecular complexity index is 654. The van der Waals surface area contributed by atoms with E-state index in [4.69, 9.17) is 16.7 Å². The number of carboxylic acid groups (broad SMARTS) is 1. The fraction of sp³-hybridized carbons (Fsp3) is 0.0833. The van der Waals surface area contributed by atoms with Crippen LogP contribution in [0.25, 0.3) is 0 Å². The van der Waals surface area contributed by atoms with Crippen LogP contribution in [0.5, 0.6) is 0 Å². The third-order valence-corrected chi connectivity index (χ3v) is 3.50. The van der Waals surface area contributed by atoms with Gasteiger partial charge >= 0.3 is 5.97 Å². The predicted octanol–water partition coefficient (Wildman–Crippen LogP) is 3.06. The highest BCUT2D eigenvalue weighted by Crippen LogP contribution is 2.21. The van der Waals surface area contributed by atoms with Crippen LogP contribution >= 0.6 is 22.9 Å². The number of rotatable bonds is 3. The second-order valence-corrected chi connectivity index (χ2v) is 5.05. The first-order chi connectivity index (χ1) is 8.97. The van der Waals surface area contributed by atoms with E-state index >= 15 is 0 Å². The lowest BCUT2D eigenvalue weighted by Crippen LogP contribution is -2.12. The molecule has 1 amide bonds. The maximum absolute atomic E-state index is 12.0. The largest absolute Gasteiger partial charge is 0.478 e. The number of aryl methyl sites for hydroxylation is 1. The lowest BCUT2D eigenvalue weighted by molar-refractivity contribution is 0.0696. The van der Waals surface area contributed by atoms with Crippen molar-refractivity contribution in [1.29, 1.82) is 0 Å². The molecule has 0 aliphatic heterocycles. The summed E-state index contributed by atoms with van der Waals surface area (Å²) >= 11 is 7.03. The van der Waals surface area contributed by atoms with Gasteiger partial charge < -0.3 is 10.4 Å². The molecule has 2 rings (SSSR count). The summed E-state index contributed by atoms with van der Waals surface area (Å²) in [7, 11) is 0. The molecule has 5 nitrogen and oxygen atoms in total. The topological polar surface area (TPSA) is 79.3 Å². The van der Waals surface area contributed by atoms with Crippen LogP contribution in [0, 0.1) is 6.92 Å². The van der Waals surface area contributed by atoms with E-state index in [0.717, 1.165) is 0 Å². The van der Waals surface area contributed by atoms with Gasteiger partial charge in [-0.25, -0.2) is 9.78 Å². The molecule has 1 aromatic heterocycles. The van der Waals surface area contributed by atoms with Crippen LogP contribution in [-0.2, 0) is 0 Å². The standard InChI is InChI=1S/C12H9ClN2O3S/c1-6-10(19-5-14-6)11(16)15-9-3-7(12(17)18)2-8(13)4-9/h2-5H,1H3,(H,15,16)(H,17,18). The minimum absolute atomic E-state index is 0.0174. The Balaban J connectivity index is 2.26. The van der Waals surface area contributed by atoms with E-state index in [1.807, 2.05) is 0 Å². The first kappa shape index (κ1) is 13.5. The number of benzene rings is 1. The Morgan fingerprint density at radius 3 is 2.68 bits per heavy atom. The molecular formula is C12H9ClN2O3S. The highest BCUT2D eigenvalue weighted by atomic mass is 35.5. The van der Waals surface area contributed by atoms with Crippen molar-refractivity contribution in [3.63, 3.8) is 0 Å². The number of nitrogens with zero attached hydrogens (tertiary/aromatic N) is 1. The minimum Gasteiger partial charge on any atom is -0.478 e. The van der Waals surface area contributed by atoms with Gasteiger partial charge in [0.25, 0.3) is 5.91 Å². The van der Waals surface area contributed by atoms with Crippen LogP contribution in [0.4, 0.5) is 5.69 Å². The molecule has 98 valence electrons. The van der Waals surface area contributed by atoms with Crippen molar-refractivity contribution in [3.8, 4) is 0 Å². The number of carbonyl (C=O) groups excluding carboxylic acids is 1. The van der Waals surface area contributed by atoms with Crippen molar-refractivity contribution in [1.82, 2.24) is 4.98 Å². The first-order valence-corrected chi connectivity index (χ1v) is 6.48. The maximum Gasteiger partial charge on any atom is 0.335 e. The number of halogens is 1. The Morgan fingerprint density at radius 2 is 2.11 bits per heavy atom. The molecule has 0 saturated carbocycles. The molecule has 19 heavy (non-hydrogen) atoms. The summed E-state index contributed by atoms with van der Waals surface area (Å²) in [5.41, 5.74) is 2.56. The average Bonchev–Trinajstić information content (AvgIpc) is 2.74. The lowest BCUT2D eigenvalue weighted by Gasteiger charge is -2.06. The quantitative estimate of drug-likeness (QED) is 0.912. The first-order valence-electron chi connectivity index (χ1n) is 5.22. The van der Waals surface area contributed by atoms with E-state index in [1.165, 1.54) is 29.5 Å². The van der Waals surface area contributed by atoms with E-state index in [1.54, 1.807) is 12.4 Å². The maximum atomic E-state index is 12.0. The van der Waals surface area contributed by atoms with E-state index < -0.39 is 5.97 Å². The molecule has 2 N–H and O–H groups in total. The van der Waals surface area contributed by atoms with Crippen molar-refractivity contribution in [3.05, 3.63) is 44.9 Å². The number of amides is 1. The highest BCUT2D eigenvalue weighted by Gasteiger charge is 2.13. The zero-order chi connectivity index (χ0) is 14.0. The predicted molar refractivity (Wildman–Crippen MR) is 73.2 cm³/mol. The van der Waals surface area contributed by atoms with Crippen LogP contribution < -0.4 is 5.32 Å². The van der Waals surface area contributed by atoms with Gasteiger partial charge in [-0.3, -0.25) is 4.79 Å². The van der Waals surface area contributed by atoms with E-state index in [0.29, 0.717) is 16.3 Å². The highest BCUT2D eigenvalue weighted by molar-refractivity contribution is 7.12. The smallest absolute Gasteiger partial charge is 0.335 e. The number of nitrogens with one attached hydrogen (secondary N) is 1. The number of hydrogen-bond donors (Lipinski definition) is 2. The van der Waals surface area contributed by atoms with Crippen LogP contribution in [0.1, 0.15) is 25.7 Å². The van der Waals surface area contributed by atoms with Gasteiger partial charge in [-0.15, -0.1) is 11.3 Å². The average molecular weight is 297 g/mol. The van der Waals surface area contributed by atoms with Gasteiger partial charge in [0.2, 0.25) is 0 Å². The molecule has 0 fully saturated rings. The van der Waals surface area contributed by atoms with Gasteiger partial charge in [-0.1, -0.05) is 11.6 Å². The lowest BCUT2D eigenvalue weighted by atomic mass is 10.2. The van der Waals surface area contributed by atoms with Crippen LogP contribution in [0.3, 0.4) is 0 Å². The van der Waals surface area contributed by atoms with Crippen molar-refractivity contribution >= 4 is 40.5 Å². The molecule has 7 heteroatoms. The summed E-state index contributed by atoms with van der Waals surface area (Å²) in [6.07, 6.45) is 0. The molecular weight excluding hydrogens is 288 g/mol. The second-order valence-electron chi connectivity index (χ2n) is 3.75. The normalized spacial score (nSPS) is 10.2. The number of carbonyl (C=O) groups is 2. The van der Waals surface area contributed by atoms with Crippen LogP contribution in [0.15, 0.2) is 23.7 Å². The minimum atomic E-state index is -1.10. The molecule has 0 saturated heterocycles. The fourth-order valence-electron chi connectivity index (χ4n) is 1.49. The van der Waals surface area contributed by atoms with Crippen LogP contribution in [-0.4, -0.2) is 22.0 Å². The van der Waals surface area contributed by atoms with Crippen molar-refractivity contribution in [2.75, 3.05) is 5.32 Å². The van der Waals surface area contributed by atoms with E-state index in [9.17, 15) is 9.59 Å². The molecule has 0 atom stereocenters. The zero-order valence-electron chi connectivity index (χ0n) is 9.81. The summed E-state index contributed by atoms with van der Waals surface area (Å²) < 4.78 is 0. The second kappa shape index (κ2) is 5.38. The Labute approximate surface area is 117 Å². The number of aromatic nitrogens is 1. The monoisotopic (exact) mass is 296 g/mol. The Hall–Kier alpha value is -1.92. The third-order valence-electron chi connectivity index (χ3n) is 2.35. The summed E-state index contributed by atoms with van der Waals surface area (Å²) in [6, 6.07) is 4.15. The molecule has 0 aliphatic rings. The van der Waals surface area contributed by atoms with Gasteiger partial charge in [0.05, 0.1) is 16.8 Å². The molecule has 0 unspecified atom stereocenters. The van der Waals surface area contributed by atoms with Crippen molar-refractivity contribution in [2.24, 2.45) is 0 Å². The molecule has 1 aromatic carbocycles. The number of aromatic carboxylic acids is 1. The zero-order valence-corrected chi connectivity index (χ0v) is 11.4. The Morgan fingerprint density at radius 1 is 1.37 bits per heavy atom. The number of thiazole rings is 1. The number of carboxylic acids is 1. The number of hydrogen-bond acceptors (Lipinski definition) is 4. The van der Waals surface area contributed by atoms with Crippen LogP contribution in [0.2, 0.25) is 5.02 Å². The summed E-state index contributed by atoms with van der Waals surface area (Å²) in [6.45, 7) is 1.73. The Kier molecular flexibility index (Phi) is 3.82. The fourth-order valence-corrected chi connectivity index (χ4v) is 2.43. The molecule has 0 radical (unpaired) electrons. The van der Waals surface area contributed by atoms with Gasteiger partial charge in [0, 0.05) is 10.7 Å². The number of anilines is 1. The van der Waals surface area contributed by atoms with Gasteiger partial charge in [-0.05, 0) is 25.1 Å². The molecule has 0 spiro atoms. The summed E-state index contributed by atoms with van der Waals surface area (Å²) in [5.74, 6) is -1.44. The molecule has 1 heterocycles. The van der Waals surface area contributed by atoms with Crippen molar-refractivity contribution < 1.29 is 14.7 Å². The SMILES string of the molecule is Cc1ncsc1C(=O)Nc1cc(Cl)cc(C(=O)O)c1. The molecule has 0 bridgehead atoms. The van der Waals surface area contributed by atoms with Gasteiger partial charge in [0.15, 0.2) is 0 Å². The third kappa shape index (κ3) is 3.10. The van der Waals surface area contributed by atoms with E-state index in [-0.39, 0.29) is 16.5 Å². The van der Waals surface area contributed by atoms with E-state index in [2.05, 4.69) is 10.3 Å². The van der Waals surface area contributed by atoms with Crippen molar-refractivity contribution in [2.45, 2.75) is 6.92 Å². The van der Waals surface area contributed by atoms with Gasteiger partial charge in [-0.2, -0.15) is 0 Å². The summed E-state index contributed by atoms with van der Waals surface area (Å²) in [4.78, 5) is 27.3. The summed E-state index contributed by atoms with van der Waals surface area (Å²) in [5, 5.41) is 11.8.